The maximum atomic E-state index is 5.65. The number of hydrogen-bond acceptors (Lipinski definition) is 1. The summed E-state index contributed by atoms with van der Waals surface area (Å²) in [5.74, 6) is 0. The lowest BCUT2D eigenvalue weighted by Gasteiger charge is -1.99. The Balaban J connectivity index is 3.06. The molecule has 1 N–H and O–H groups in total. The van der Waals surface area contributed by atoms with Gasteiger partial charge in [0.25, 0.3) is 0 Å². The van der Waals surface area contributed by atoms with Gasteiger partial charge in [-0.1, -0.05) is 23.2 Å². The average molecular weight is 174 g/mol. The monoisotopic (exact) mass is 173 g/mol. The van der Waals surface area contributed by atoms with Crippen LogP contribution in [0.25, 0.3) is 0 Å². The maximum Gasteiger partial charge on any atom is 0.0705 e. The molecule has 1 rings (SSSR count). The quantitative estimate of drug-likeness (QED) is 0.645. The molecule has 0 spiro atoms. The molecule has 1 aromatic carbocycles. The van der Waals surface area contributed by atoms with Crippen molar-refractivity contribution in [3.05, 3.63) is 35.3 Å². The molecule has 0 aliphatic heterocycles. The second-order valence-electron chi connectivity index (χ2n) is 1.80. The molecule has 1 aromatic rings. The molecule has 10 heavy (non-hydrogen) atoms. The molecular weight excluding hydrogens is 169 g/mol. The Morgan fingerprint density at radius 2 is 1.60 bits per heavy atom. The zero-order valence-corrected chi connectivity index (χ0v) is 6.58. The molecule has 0 bridgehead atoms. The normalized spacial score (nSPS) is 9.50. The summed E-state index contributed by atoms with van der Waals surface area (Å²) in [4.78, 5) is 0. The van der Waals surface area contributed by atoms with Crippen molar-refractivity contribution in [1.82, 2.24) is 0 Å². The molecule has 0 aliphatic rings. The number of halogens is 2. The van der Waals surface area contributed by atoms with Gasteiger partial charge in [-0.15, -0.1) is 0 Å². The van der Waals surface area contributed by atoms with E-state index < -0.39 is 0 Å². The summed E-state index contributed by atoms with van der Waals surface area (Å²) in [7, 11) is 5.12. The molecule has 1 nitrogen and oxygen atoms in total. The van der Waals surface area contributed by atoms with Crippen molar-refractivity contribution < 1.29 is 0 Å². The Labute approximate surface area is 70.0 Å². The maximum absolute atomic E-state index is 5.65. The van der Waals surface area contributed by atoms with E-state index in [0.29, 0.717) is 15.7 Å². The fraction of sp³-hybridized carbons (Fsp3) is 0. The van der Waals surface area contributed by atoms with Gasteiger partial charge in [0.2, 0.25) is 0 Å². The van der Waals surface area contributed by atoms with Gasteiger partial charge in [0, 0.05) is 15.7 Å². The molecule has 0 aromatic heterocycles. The van der Waals surface area contributed by atoms with E-state index in [-0.39, 0.29) is 0 Å². The van der Waals surface area contributed by atoms with Crippen LogP contribution in [0.4, 0.5) is 5.69 Å². The van der Waals surface area contributed by atoms with E-state index in [4.69, 9.17) is 30.2 Å². The number of hydrogen-bond donors (Lipinski definition) is 1. The van der Waals surface area contributed by atoms with E-state index in [1.54, 1.807) is 18.2 Å². The van der Waals surface area contributed by atoms with Crippen molar-refractivity contribution in [2.24, 2.45) is 0 Å². The molecule has 0 saturated carbocycles. The minimum absolute atomic E-state index is 0.570. The molecule has 0 aliphatic carbocycles. The summed E-state index contributed by atoms with van der Waals surface area (Å²) in [6.45, 7) is 0. The molecule has 3 heteroatoms. The Bertz CT molecular complexity index is 215. The van der Waals surface area contributed by atoms with Crippen molar-refractivity contribution in [2.45, 2.75) is 0 Å². The highest BCUT2D eigenvalue weighted by Gasteiger charge is 1.94. The van der Waals surface area contributed by atoms with Crippen molar-refractivity contribution in [2.75, 3.05) is 5.32 Å². The first-order valence-corrected chi connectivity index (χ1v) is 3.40. The fourth-order valence-electron chi connectivity index (χ4n) is 0.637. The van der Waals surface area contributed by atoms with E-state index in [2.05, 4.69) is 5.32 Å². The second kappa shape index (κ2) is 3.13. The van der Waals surface area contributed by atoms with Gasteiger partial charge in [-0.2, -0.15) is 0 Å². The third-order valence-electron chi connectivity index (χ3n) is 1.03. The first kappa shape index (κ1) is 7.70. The number of benzene rings is 1. The van der Waals surface area contributed by atoms with Gasteiger partial charge in [0.05, 0.1) is 7.05 Å². The Morgan fingerprint density at radius 3 is 2.00 bits per heavy atom. The standard InChI is InChI=1S/C7H5Cl2N/c1-10-7-3-5(8)2-6(9)4-7/h1-4,10H. The number of anilines is 1. The van der Waals surface area contributed by atoms with Gasteiger partial charge >= 0.3 is 0 Å². The van der Waals surface area contributed by atoms with Crippen LogP contribution in [0, 0.1) is 7.05 Å². The third kappa shape index (κ3) is 1.79. The van der Waals surface area contributed by atoms with Crippen LogP contribution >= 0.6 is 23.2 Å². The van der Waals surface area contributed by atoms with Gasteiger partial charge < -0.3 is 5.32 Å². The molecule has 0 saturated heterocycles. The van der Waals surface area contributed by atoms with Gasteiger partial charge in [-0.25, -0.2) is 0 Å². The van der Waals surface area contributed by atoms with E-state index in [1.165, 1.54) is 0 Å². The van der Waals surface area contributed by atoms with E-state index in [9.17, 15) is 0 Å². The van der Waals surface area contributed by atoms with E-state index in [0.717, 1.165) is 0 Å². The van der Waals surface area contributed by atoms with Crippen LogP contribution < -0.4 is 5.32 Å². The van der Waals surface area contributed by atoms with Gasteiger partial charge in [-0.3, -0.25) is 0 Å². The summed E-state index contributed by atoms with van der Waals surface area (Å²) in [5.41, 5.74) is 0.706. The minimum Gasteiger partial charge on any atom is -0.378 e. The van der Waals surface area contributed by atoms with Crippen molar-refractivity contribution in [3.8, 4) is 0 Å². The van der Waals surface area contributed by atoms with Crippen molar-refractivity contribution >= 4 is 28.9 Å². The van der Waals surface area contributed by atoms with Crippen LogP contribution in [0.3, 0.4) is 0 Å². The predicted octanol–water partition coefficient (Wildman–Crippen LogP) is 3.07. The molecular formula is C7H5Cl2N. The largest absolute Gasteiger partial charge is 0.378 e. The summed E-state index contributed by atoms with van der Waals surface area (Å²) < 4.78 is 0. The zero-order chi connectivity index (χ0) is 7.56. The summed E-state index contributed by atoms with van der Waals surface area (Å²) >= 11 is 11.3. The molecule has 0 fully saturated rings. The minimum atomic E-state index is 0.570. The van der Waals surface area contributed by atoms with Gasteiger partial charge in [0.15, 0.2) is 0 Å². The predicted molar refractivity (Wildman–Crippen MR) is 44.4 cm³/mol. The first-order chi connectivity index (χ1) is 4.72. The van der Waals surface area contributed by atoms with Crippen LogP contribution in [-0.2, 0) is 0 Å². The zero-order valence-electron chi connectivity index (χ0n) is 5.07. The third-order valence-corrected chi connectivity index (χ3v) is 1.47. The highest BCUT2D eigenvalue weighted by Crippen LogP contribution is 2.21. The van der Waals surface area contributed by atoms with Crippen LogP contribution in [-0.4, -0.2) is 0 Å². The Hall–Kier alpha value is -0.400. The fourth-order valence-corrected chi connectivity index (χ4v) is 1.16. The van der Waals surface area contributed by atoms with E-state index >= 15 is 0 Å². The van der Waals surface area contributed by atoms with Crippen molar-refractivity contribution in [1.29, 1.82) is 0 Å². The number of rotatable bonds is 1. The van der Waals surface area contributed by atoms with Gasteiger partial charge in [-0.05, 0) is 18.2 Å². The number of nitrogens with one attached hydrogen (secondary N) is 1. The SMILES string of the molecule is [CH]Nc1cc(Cl)cc(Cl)c1. The highest BCUT2D eigenvalue weighted by atomic mass is 35.5. The summed E-state index contributed by atoms with van der Waals surface area (Å²) in [5, 5.41) is 3.58. The summed E-state index contributed by atoms with van der Waals surface area (Å²) in [6.07, 6.45) is 0. The van der Waals surface area contributed by atoms with Crippen LogP contribution in [0.1, 0.15) is 0 Å². The van der Waals surface area contributed by atoms with Crippen molar-refractivity contribution in [3.63, 3.8) is 0 Å². The molecule has 0 heterocycles. The highest BCUT2D eigenvalue weighted by molar-refractivity contribution is 6.35. The second-order valence-corrected chi connectivity index (χ2v) is 2.68. The molecule has 0 atom stereocenters. The lowest BCUT2D eigenvalue weighted by molar-refractivity contribution is 1.59. The average Bonchev–Trinajstić information content (AvgIpc) is 1.85. The Kier molecular flexibility index (Phi) is 2.41. The summed E-state index contributed by atoms with van der Waals surface area (Å²) in [6, 6.07) is 5.02. The van der Waals surface area contributed by atoms with Crippen LogP contribution in [0.15, 0.2) is 18.2 Å². The molecule has 0 unspecified atom stereocenters. The van der Waals surface area contributed by atoms with Gasteiger partial charge in [0.1, 0.15) is 0 Å². The van der Waals surface area contributed by atoms with Crippen LogP contribution in [0.5, 0.6) is 0 Å². The molecule has 0 amide bonds. The van der Waals surface area contributed by atoms with E-state index in [1.807, 2.05) is 0 Å². The Morgan fingerprint density at radius 1 is 1.10 bits per heavy atom. The van der Waals surface area contributed by atoms with Crippen LogP contribution in [0.2, 0.25) is 10.0 Å². The molecule has 2 radical (unpaired) electrons. The first-order valence-electron chi connectivity index (χ1n) is 2.65. The topological polar surface area (TPSA) is 12.0 Å². The lowest BCUT2D eigenvalue weighted by atomic mass is 10.3. The lowest BCUT2D eigenvalue weighted by Crippen LogP contribution is -1.83. The smallest absolute Gasteiger partial charge is 0.0705 e. The molecule has 52 valence electrons.